The van der Waals surface area contributed by atoms with Gasteiger partial charge in [-0.05, 0) is 0 Å². The third kappa shape index (κ3) is 25.5. The maximum atomic E-state index is 4.91. The molecule has 6 N–H and O–H groups in total. The number of hydrogen-bond acceptors (Lipinski definition) is 3. The molecule has 2 radical (unpaired) electrons. The molecule has 62 valence electrons. The first-order valence-corrected chi connectivity index (χ1v) is 6.83. The Morgan fingerprint density at radius 1 is 1.00 bits per heavy atom. The van der Waals surface area contributed by atoms with Gasteiger partial charge >= 0.3 is 54.6 Å². The van der Waals surface area contributed by atoms with Crippen molar-refractivity contribution in [2.24, 2.45) is 26.0 Å². The molecule has 0 rings (SSSR count). The average Bonchev–Trinajstić information content (AvgIpc) is 2.06. The third-order valence-electron chi connectivity index (χ3n) is 0.321. The van der Waals surface area contributed by atoms with Crippen molar-refractivity contribution in [3.63, 3.8) is 0 Å². The predicted octanol–water partition coefficient (Wildman–Crippen LogP) is -1.18. The second-order valence-electron chi connectivity index (χ2n) is 0.903. The molecule has 0 heterocycles. The van der Waals surface area contributed by atoms with E-state index in [4.69, 9.17) is 17.2 Å². The Bertz CT molecular complexity index is 120. The Morgan fingerprint density at radius 3 is 1.55 bits per heavy atom. The molecule has 0 aliphatic carbocycles. The Balaban J connectivity index is 0. The molecule has 0 saturated heterocycles. The van der Waals surface area contributed by atoms with Gasteiger partial charge in [0.25, 0.3) is 0 Å². The maximum absolute atomic E-state index is 4.91. The molecule has 6 nitrogen and oxygen atoms in total. The zero-order valence-corrected chi connectivity index (χ0v) is 11.7. The number of nitrogens with two attached hydrogens (primary N) is 3. The summed E-state index contributed by atoms with van der Waals surface area (Å²) in [4.78, 5) is 0. The zero-order chi connectivity index (χ0) is 8.95. The molecular formula is C3H9IN6Pb. The van der Waals surface area contributed by atoms with E-state index in [0.717, 1.165) is 0 Å². The Hall–Kier alpha value is 0.0621. The molecular weight excluding hydrogens is 454 g/mol. The van der Waals surface area contributed by atoms with E-state index in [9.17, 15) is 0 Å². The van der Waals surface area contributed by atoms with Gasteiger partial charge in [0.1, 0.15) is 0 Å². The van der Waals surface area contributed by atoms with E-state index in [0.29, 0.717) is 0 Å². The third-order valence-corrected chi connectivity index (χ3v) is 2.70. The molecule has 8 heteroatoms. The summed E-state index contributed by atoms with van der Waals surface area (Å²) in [5.74, 6) is 0. The van der Waals surface area contributed by atoms with Gasteiger partial charge in [0.05, 0.1) is 29.2 Å². The first kappa shape index (κ1) is 13.6. The number of rotatable bonds is 2. The van der Waals surface area contributed by atoms with Gasteiger partial charge in [-0.1, -0.05) is 0 Å². The van der Waals surface area contributed by atoms with E-state index in [2.05, 4.69) is 8.81 Å². The molecule has 0 aromatic heterocycles. The minimum atomic E-state index is -1.11. The summed E-state index contributed by atoms with van der Waals surface area (Å²) >= 11 is 0.685. The SMILES string of the molecule is N/C=N/I.N/C=[N]\[Pb]/[N]=C\N. The quantitative estimate of drug-likeness (QED) is 0.207. The Morgan fingerprint density at radius 2 is 1.36 bits per heavy atom. The van der Waals surface area contributed by atoms with Crippen LogP contribution in [0.1, 0.15) is 0 Å². The topological polar surface area (TPSA) is 115 Å². The molecule has 0 atom stereocenters. The van der Waals surface area contributed by atoms with Crippen molar-refractivity contribution >= 4 is 66.7 Å². The summed E-state index contributed by atoms with van der Waals surface area (Å²) in [7, 11) is 0. The fraction of sp³-hybridized carbons (Fsp3) is 0. The van der Waals surface area contributed by atoms with Gasteiger partial charge < -0.3 is 5.73 Å². The molecule has 0 fully saturated rings. The van der Waals surface area contributed by atoms with E-state index >= 15 is 0 Å². The summed E-state index contributed by atoms with van der Waals surface area (Å²) < 4.78 is 10.8. The summed E-state index contributed by atoms with van der Waals surface area (Å²) in [6.45, 7) is 0. The van der Waals surface area contributed by atoms with Crippen LogP contribution in [0.2, 0.25) is 0 Å². The molecule has 0 spiro atoms. The minimum absolute atomic E-state index is 1.11. The second kappa shape index (κ2) is 16.6. The van der Waals surface area contributed by atoms with Gasteiger partial charge in [0, 0.05) is 0 Å². The first-order chi connectivity index (χ1) is 5.33. The fourth-order valence-electron chi connectivity index (χ4n) is 0.100. The molecule has 0 amide bonds. The van der Waals surface area contributed by atoms with Crippen LogP contribution in [0.25, 0.3) is 0 Å². The molecule has 0 aromatic carbocycles. The standard InChI is InChI=1S/CH3IN2.2CH3N2.Pb/c2-4-1-3;2*2-1-3;/h1H,(H2,3,4);2*1H,(H2-,2,3);/q;2*-1;+2. The molecule has 0 unspecified atom stereocenters. The summed E-state index contributed by atoms with van der Waals surface area (Å²) in [5.41, 5.74) is 14.6. The van der Waals surface area contributed by atoms with E-state index < -0.39 is 24.8 Å². The van der Waals surface area contributed by atoms with Crippen LogP contribution in [0.5, 0.6) is 0 Å². The van der Waals surface area contributed by atoms with Crippen molar-refractivity contribution in [2.45, 2.75) is 0 Å². The van der Waals surface area contributed by atoms with Gasteiger partial charge in [-0.2, -0.15) is 0 Å². The van der Waals surface area contributed by atoms with E-state index in [1.807, 2.05) is 0 Å². The van der Waals surface area contributed by atoms with Crippen molar-refractivity contribution in [2.75, 3.05) is 0 Å². The zero-order valence-electron chi connectivity index (χ0n) is 5.68. The van der Waals surface area contributed by atoms with Gasteiger partial charge in [-0.25, -0.2) is 3.21 Å². The molecule has 0 aliphatic heterocycles. The summed E-state index contributed by atoms with van der Waals surface area (Å²) in [6.07, 6.45) is 3.78. The van der Waals surface area contributed by atoms with Crippen molar-refractivity contribution < 1.29 is 0 Å². The second-order valence-corrected chi connectivity index (χ2v) is 4.25. The summed E-state index contributed by atoms with van der Waals surface area (Å²) in [6, 6.07) is 0. The van der Waals surface area contributed by atoms with E-state index in [1.165, 1.54) is 19.0 Å². The van der Waals surface area contributed by atoms with Gasteiger partial charge in [-0.3, -0.25) is 0 Å². The number of halogens is 1. The first-order valence-electron chi connectivity index (χ1n) is 2.39. The number of hydrogen-bond donors (Lipinski definition) is 3. The van der Waals surface area contributed by atoms with Crippen LogP contribution >= 0.6 is 22.9 Å². The van der Waals surface area contributed by atoms with E-state index in [-0.39, 0.29) is 0 Å². The molecule has 0 bridgehead atoms. The van der Waals surface area contributed by atoms with Gasteiger partial charge in [0.15, 0.2) is 0 Å². The van der Waals surface area contributed by atoms with Crippen LogP contribution in [0.4, 0.5) is 0 Å². The predicted molar refractivity (Wildman–Crippen MR) is 57.8 cm³/mol. The van der Waals surface area contributed by atoms with Gasteiger partial charge in [0.2, 0.25) is 0 Å². The summed E-state index contributed by atoms with van der Waals surface area (Å²) in [5, 5.41) is 0. The molecule has 11 heavy (non-hydrogen) atoms. The van der Waals surface area contributed by atoms with Crippen LogP contribution in [0.3, 0.4) is 0 Å². The van der Waals surface area contributed by atoms with Crippen LogP contribution < -0.4 is 17.2 Å². The van der Waals surface area contributed by atoms with Gasteiger partial charge in [-0.15, -0.1) is 0 Å². The molecule has 0 aromatic rings. The Kier molecular flexibility index (Phi) is 20.5. The van der Waals surface area contributed by atoms with Crippen molar-refractivity contribution in [3.8, 4) is 0 Å². The Labute approximate surface area is 92.0 Å². The van der Waals surface area contributed by atoms with Crippen molar-refractivity contribution in [1.82, 2.24) is 0 Å². The van der Waals surface area contributed by atoms with Crippen LogP contribution in [-0.4, -0.2) is 43.8 Å². The molecule has 0 aliphatic rings. The average molecular weight is 463 g/mol. The van der Waals surface area contributed by atoms with Crippen molar-refractivity contribution in [3.05, 3.63) is 0 Å². The monoisotopic (exact) mass is 464 g/mol. The van der Waals surface area contributed by atoms with E-state index in [1.54, 1.807) is 22.9 Å². The fourth-order valence-corrected chi connectivity index (χ4v) is 0.877. The van der Waals surface area contributed by atoms with Crippen LogP contribution in [0, 0.1) is 0 Å². The molecule has 0 saturated carbocycles. The normalized spacial score (nSPS) is 10.6. The van der Waals surface area contributed by atoms with Crippen LogP contribution in [-0.2, 0) is 0 Å². The van der Waals surface area contributed by atoms with Crippen LogP contribution in [0.15, 0.2) is 8.81 Å². The number of nitrogens with zero attached hydrogens (tertiary/aromatic N) is 3. The van der Waals surface area contributed by atoms with Crippen molar-refractivity contribution in [1.29, 1.82) is 0 Å².